The Labute approximate surface area is 106 Å². The highest BCUT2D eigenvalue weighted by molar-refractivity contribution is 6.33. The van der Waals surface area contributed by atoms with Crippen molar-refractivity contribution in [1.82, 2.24) is 4.90 Å². The summed E-state index contributed by atoms with van der Waals surface area (Å²) in [5.74, 6) is 0.386. The summed E-state index contributed by atoms with van der Waals surface area (Å²) < 4.78 is 13.7. The van der Waals surface area contributed by atoms with Crippen LogP contribution in [0.25, 0.3) is 0 Å². The van der Waals surface area contributed by atoms with Crippen LogP contribution in [0.2, 0.25) is 5.02 Å². The van der Waals surface area contributed by atoms with Crippen LogP contribution < -0.4 is 5.32 Å². The van der Waals surface area contributed by atoms with Crippen molar-refractivity contribution in [2.75, 3.05) is 25.0 Å². The first kappa shape index (κ1) is 11.3. The number of nitrogens with zero attached hydrogens (tertiary/aromatic N) is 1. The van der Waals surface area contributed by atoms with Crippen LogP contribution in [0.5, 0.6) is 0 Å². The molecule has 2 fully saturated rings. The fourth-order valence-corrected chi connectivity index (χ4v) is 3.18. The minimum Gasteiger partial charge on any atom is -0.378 e. The maximum Gasteiger partial charge on any atom is 0.147 e. The number of nitrogens with one attached hydrogen (secondary N) is 1. The van der Waals surface area contributed by atoms with E-state index in [1.54, 1.807) is 12.1 Å². The number of para-hydroxylation sites is 1. The summed E-state index contributed by atoms with van der Waals surface area (Å²) in [6, 6.07) is 5.19. The highest BCUT2D eigenvalue weighted by atomic mass is 35.5. The molecule has 2 saturated heterocycles. The molecule has 3 atom stereocenters. The standard InChI is InChI=1S/C13H16ClFN2/c14-10-2-1-3-11(15)13(10)16-12-5-7-17-6-4-9(12)8-17/h1-3,9,12,16H,4-8H2. The number of hydrogen-bond acceptors (Lipinski definition) is 2. The summed E-state index contributed by atoms with van der Waals surface area (Å²) in [6.07, 6.45) is 2.29. The Morgan fingerprint density at radius 3 is 2.94 bits per heavy atom. The number of fused-ring (bicyclic) bond motifs is 2. The molecule has 2 aliphatic heterocycles. The number of rotatable bonds is 2. The molecule has 0 saturated carbocycles. The first-order chi connectivity index (χ1) is 8.24. The zero-order valence-corrected chi connectivity index (χ0v) is 10.4. The summed E-state index contributed by atoms with van der Waals surface area (Å²) in [5.41, 5.74) is 0.472. The van der Waals surface area contributed by atoms with Gasteiger partial charge >= 0.3 is 0 Å². The Morgan fingerprint density at radius 1 is 1.29 bits per heavy atom. The Morgan fingerprint density at radius 2 is 2.12 bits per heavy atom. The molecule has 3 rings (SSSR count). The van der Waals surface area contributed by atoms with Crippen LogP contribution in [0.1, 0.15) is 12.8 Å². The van der Waals surface area contributed by atoms with E-state index in [4.69, 9.17) is 11.6 Å². The van der Waals surface area contributed by atoms with Crippen molar-refractivity contribution in [3.05, 3.63) is 29.0 Å². The lowest BCUT2D eigenvalue weighted by molar-refractivity contribution is 0.255. The van der Waals surface area contributed by atoms with Gasteiger partial charge in [-0.2, -0.15) is 0 Å². The second-order valence-corrected chi connectivity index (χ2v) is 5.39. The topological polar surface area (TPSA) is 15.3 Å². The van der Waals surface area contributed by atoms with Gasteiger partial charge in [0.15, 0.2) is 0 Å². The normalized spacial score (nSPS) is 31.5. The Balaban J connectivity index is 1.78. The molecule has 2 aliphatic rings. The second-order valence-electron chi connectivity index (χ2n) is 4.99. The Hall–Kier alpha value is -0.800. The molecule has 1 N–H and O–H groups in total. The average Bonchev–Trinajstić information content (AvgIpc) is 2.70. The van der Waals surface area contributed by atoms with Gasteiger partial charge < -0.3 is 10.2 Å². The van der Waals surface area contributed by atoms with Gasteiger partial charge in [-0.3, -0.25) is 0 Å². The summed E-state index contributed by atoms with van der Waals surface area (Å²) in [4.78, 5) is 2.48. The third kappa shape index (κ3) is 2.14. The van der Waals surface area contributed by atoms with Gasteiger partial charge in [0.2, 0.25) is 0 Å². The molecule has 17 heavy (non-hydrogen) atoms. The summed E-state index contributed by atoms with van der Waals surface area (Å²) in [7, 11) is 0. The highest BCUT2D eigenvalue weighted by Gasteiger charge is 2.34. The van der Waals surface area contributed by atoms with E-state index < -0.39 is 0 Å². The first-order valence-electron chi connectivity index (χ1n) is 6.17. The molecule has 3 unspecified atom stereocenters. The van der Waals surface area contributed by atoms with Crippen molar-refractivity contribution in [3.63, 3.8) is 0 Å². The fraction of sp³-hybridized carbons (Fsp3) is 0.538. The molecule has 92 valence electrons. The van der Waals surface area contributed by atoms with Crippen LogP contribution >= 0.6 is 11.6 Å². The molecule has 4 heteroatoms. The summed E-state index contributed by atoms with van der Waals surface area (Å²) >= 11 is 6.04. The molecule has 0 aliphatic carbocycles. The predicted molar refractivity (Wildman–Crippen MR) is 68.0 cm³/mol. The molecule has 2 nitrogen and oxygen atoms in total. The van der Waals surface area contributed by atoms with Gasteiger partial charge in [0.25, 0.3) is 0 Å². The molecule has 2 heterocycles. The lowest BCUT2D eigenvalue weighted by atomic mass is 9.94. The van der Waals surface area contributed by atoms with Gasteiger partial charge in [-0.1, -0.05) is 17.7 Å². The van der Waals surface area contributed by atoms with Crippen LogP contribution in [0.3, 0.4) is 0 Å². The van der Waals surface area contributed by atoms with E-state index >= 15 is 0 Å². The van der Waals surface area contributed by atoms with Gasteiger partial charge in [-0.25, -0.2) is 4.39 Å². The monoisotopic (exact) mass is 254 g/mol. The van der Waals surface area contributed by atoms with Crippen LogP contribution in [0, 0.1) is 11.7 Å². The third-order valence-electron chi connectivity index (χ3n) is 3.93. The zero-order chi connectivity index (χ0) is 11.8. The maximum atomic E-state index is 13.7. The number of halogens is 2. The molecule has 1 aromatic carbocycles. The van der Waals surface area contributed by atoms with E-state index in [0.29, 0.717) is 22.7 Å². The van der Waals surface area contributed by atoms with E-state index in [1.165, 1.54) is 19.0 Å². The number of anilines is 1. The van der Waals surface area contributed by atoms with Crippen LogP contribution in [0.4, 0.5) is 10.1 Å². The zero-order valence-electron chi connectivity index (χ0n) is 9.63. The van der Waals surface area contributed by atoms with E-state index in [2.05, 4.69) is 10.2 Å². The quantitative estimate of drug-likeness (QED) is 0.873. The fourth-order valence-electron chi connectivity index (χ4n) is 2.96. The predicted octanol–water partition coefficient (Wildman–Crippen LogP) is 2.99. The highest BCUT2D eigenvalue weighted by Crippen LogP contribution is 2.32. The van der Waals surface area contributed by atoms with E-state index in [-0.39, 0.29) is 5.82 Å². The molecule has 0 aromatic heterocycles. The molecule has 0 spiro atoms. The molecule has 0 radical (unpaired) electrons. The number of hydrogen-bond donors (Lipinski definition) is 1. The largest absolute Gasteiger partial charge is 0.378 e. The van der Waals surface area contributed by atoms with Crippen molar-refractivity contribution in [2.45, 2.75) is 18.9 Å². The SMILES string of the molecule is Fc1cccc(Cl)c1NC1CCN2CCC1C2. The van der Waals surface area contributed by atoms with E-state index in [9.17, 15) is 4.39 Å². The van der Waals surface area contributed by atoms with Crippen LogP contribution in [-0.4, -0.2) is 30.6 Å². The lowest BCUT2D eigenvalue weighted by Crippen LogP contribution is -2.39. The van der Waals surface area contributed by atoms with Crippen molar-refractivity contribution >= 4 is 17.3 Å². The molecular formula is C13H16ClFN2. The summed E-state index contributed by atoms with van der Waals surface area (Å²) in [6.45, 7) is 3.44. The Kier molecular flexibility index (Phi) is 2.97. The number of piperidine rings is 1. The van der Waals surface area contributed by atoms with Crippen molar-refractivity contribution in [3.8, 4) is 0 Å². The van der Waals surface area contributed by atoms with Gasteiger partial charge in [-0.15, -0.1) is 0 Å². The molecule has 0 amide bonds. The van der Waals surface area contributed by atoms with Gasteiger partial charge in [0.05, 0.1) is 10.7 Å². The van der Waals surface area contributed by atoms with Crippen LogP contribution in [-0.2, 0) is 0 Å². The molecule has 2 bridgehead atoms. The Bertz CT molecular complexity index is 404. The third-order valence-corrected chi connectivity index (χ3v) is 4.24. The maximum absolute atomic E-state index is 13.7. The average molecular weight is 255 g/mol. The van der Waals surface area contributed by atoms with Gasteiger partial charge in [0.1, 0.15) is 5.82 Å². The second kappa shape index (κ2) is 4.46. The van der Waals surface area contributed by atoms with Crippen molar-refractivity contribution < 1.29 is 4.39 Å². The summed E-state index contributed by atoms with van der Waals surface area (Å²) in [5, 5.41) is 3.79. The smallest absolute Gasteiger partial charge is 0.147 e. The van der Waals surface area contributed by atoms with Crippen LogP contribution in [0.15, 0.2) is 18.2 Å². The van der Waals surface area contributed by atoms with Gasteiger partial charge in [-0.05, 0) is 37.4 Å². The van der Waals surface area contributed by atoms with Gasteiger partial charge in [0, 0.05) is 19.1 Å². The minimum absolute atomic E-state index is 0.252. The number of benzene rings is 1. The minimum atomic E-state index is -0.252. The molecule has 1 aromatic rings. The first-order valence-corrected chi connectivity index (χ1v) is 6.55. The van der Waals surface area contributed by atoms with Crippen molar-refractivity contribution in [1.29, 1.82) is 0 Å². The van der Waals surface area contributed by atoms with Crippen molar-refractivity contribution in [2.24, 2.45) is 5.92 Å². The lowest BCUT2D eigenvalue weighted by Gasteiger charge is -2.32. The van der Waals surface area contributed by atoms with E-state index in [0.717, 1.165) is 19.5 Å². The molecular weight excluding hydrogens is 239 g/mol. The van der Waals surface area contributed by atoms with E-state index in [1.807, 2.05) is 0 Å².